The lowest BCUT2D eigenvalue weighted by Crippen LogP contribution is -2.51. The van der Waals surface area contributed by atoms with Gasteiger partial charge in [0.15, 0.2) is 0 Å². The fraction of sp³-hybridized carbons (Fsp3) is 0.467. The van der Waals surface area contributed by atoms with Crippen molar-refractivity contribution in [2.24, 2.45) is 11.7 Å². The molecule has 1 aromatic carbocycles. The van der Waals surface area contributed by atoms with Gasteiger partial charge in [-0.05, 0) is 18.6 Å². The van der Waals surface area contributed by atoms with Crippen LogP contribution in [-0.4, -0.2) is 35.3 Å². The van der Waals surface area contributed by atoms with E-state index in [0.717, 1.165) is 18.3 Å². The fourth-order valence-electron chi connectivity index (χ4n) is 3.10. The molecule has 0 amide bonds. The molecular formula is C15H14F6N4. The van der Waals surface area contributed by atoms with Crippen molar-refractivity contribution in [3.8, 4) is 0 Å². The normalized spacial score (nSPS) is 22.4. The highest BCUT2D eigenvalue weighted by Crippen LogP contribution is 2.39. The zero-order valence-electron chi connectivity index (χ0n) is 12.8. The number of hydrogen-bond acceptors (Lipinski definition) is 4. The molecule has 1 fully saturated rings. The predicted octanol–water partition coefficient (Wildman–Crippen LogP) is 3.36. The van der Waals surface area contributed by atoms with Crippen molar-refractivity contribution in [3.05, 3.63) is 30.1 Å². The van der Waals surface area contributed by atoms with E-state index in [9.17, 15) is 26.3 Å². The van der Waals surface area contributed by atoms with Crippen LogP contribution in [0, 0.1) is 5.92 Å². The number of nitrogens with two attached hydrogens (primary N) is 1. The topological polar surface area (TPSA) is 55.0 Å². The molecule has 1 aliphatic rings. The summed E-state index contributed by atoms with van der Waals surface area (Å²) in [5.41, 5.74) is 4.44. The standard InChI is InChI=1S/C15H14F6N4/c16-14(17,18)8-5-9(22)7-25(6-8)11-2-1-10(15(19,20)21)12-13(11)24-4-3-23-12/h1-4,8-9H,5-7,22H2/t8-,9+/m0/s1. The van der Waals surface area contributed by atoms with Gasteiger partial charge in [0.25, 0.3) is 0 Å². The Bertz CT molecular complexity index is 773. The average Bonchev–Trinajstić information content (AvgIpc) is 2.51. The summed E-state index contributed by atoms with van der Waals surface area (Å²) < 4.78 is 78.6. The van der Waals surface area contributed by atoms with E-state index >= 15 is 0 Å². The Labute approximate surface area is 138 Å². The molecule has 0 aliphatic carbocycles. The number of hydrogen-bond donors (Lipinski definition) is 1. The van der Waals surface area contributed by atoms with E-state index < -0.39 is 35.4 Å². The number of anilines is 1. The Morgan fingerprint density at radius 1 is 0.960 bits per heavy atom. The second kappa shape index (κ2) is 6.01. The Morgan fingerprint density at radius 2 is 1.60 bits per heavy atom. The number of rotatable bonds is 1. The Morgan fingerprint density at radius 3 is 2.20 bits per heavy atom. The maximum absolute atomic E-state index is 13.1. The van der Waals surface area contributed by atoms with E-state index in [1.54, 1.807) is 0 Å². The average molecular weight is 364 g/mol. The molecule has 1 aromatic heterocycles. The summed E-state index contributed by atoms with van der Waals surface area (Å²) in [5, 5.41) is 0. The monoisotopic (exact) mass is 364 g/mol. The van der Waals surface area contributed by atoms with Crippen molar-refractivity contribution in [2.45, 2.75) is 24.8 Å². The second-order valence-corrected chi connectivity index (χ2v) is 6.02. The molecule has 1 aliphatic heterocycles. The second-order valence-electron chi connectivity index (χ2n) is 6.02. The van der Waals surface area contributed by atoms with Crippen LogP contribution in [0.4, 0.5) is 32.0 Å². The third-order valence-corrected chi connectivity index (χ3v) is 4.20. The van der Waals surface area contributed by atoms with Crippen LogP contribution in [0.5, 0.6) is 0 Å². The van der Waals surface area contributed by atoms with Gasteiger partial charge in [0.1, 0.15) is 11.0 Å². The molecule has 136 valence electrons. The minimum atomic E-state index is -4.64. The maximum atomic E-state index is 13.1. The Balaban J connectivity index is 2.07. The van der Waals surface area contributed by atoms with Crippen molar-refractivity contribution >= 4 is 16.7 Å². The predicted molar refractivity (Wildman–Crippen MR) is 78.9 cm³/mol. The molecule has 3 rings (SSSR count). The molecule has 0 bridgehead atoms. The number of alkyl halides is 6. The molecule has 2 heterocycles. The lowest BCUT2D eigenvalue weighted by atomic mass is 9.93. The van der Waals surface area contributed by atoms with Gasteiger partial charge in [-0.3, -0.25) is 9.97 Å². The maximum Gasteiger partial charge on any atom is 0.418 e. The van der Waals surface area contributed by atoms with Gasteiger partial charge in [0.05, 0.1) is 17.2 Å². The lowest BCUT2D eigenvalue weighted by Gasteiger charge is -2.38. The summed E-state index contributed by atoms with van der Waals surface area (Å²) in [6.45, 7) is -0.280. The van der Waals surface area contributed by atoms with Crippen molar-refractivity contribution in [1.82, 2.24) is 9.97 Å². The van der Waals surface area contributed by atoms with Gasteiger partial charge in [0.2, 0.25) is 0 Å². The van der Waals surface area contributed by atoms with Crippen LogP contribution in [0.3, 0.4) is 0 Å². The summed E-state index contributed by atoms with van der Waals surface area (Å²) in [6, 6.07) is 1.20. The van der Waals surface area contributed by atoms with E-state index in [1.165, 1.54) is 11.1 Å². The smallest absolute Gasteiger partial charge is 0.368 e. The summed E-state index contributed by atoms with van der Waals surface area (Å²) >= 11 is 0. The van der Waals surface area contributed by atoms with Gasteiger partial charge in [-0.25, -0.2) is 0 Å². The van der Waals surface area contributed by atoms with E-state index in [2.05, 4.69) is 9.97 Å². The van der Waals surface area contributed by atoms with Crippen LogP contribution >= 0.6 is 0 Å². The minimum Gasteiger partial charge on any atom is -0.368 e. The van der Waals surface area contributed by atoms with Gasteiger partial charge >= 0.3 is 12.4 Å². The molecule has 0 unspecified atom stereocenters. The molecule has 10 heteroatoms. The van der Waals surface area contributed by atoms with Gasteiger partial charge in [-0.1, -0.05) is 0 Å². The van der Waals surface area contributed by atoms with Crippen LogP contribution in [0.1, 0.15) is 12.0 Å². The molecule has 2 aromatic rings. The molecule has 25 heavy (non-hydrogen) atoms. The first kappa shape index (κ1) is 17.7. The Kier molecular flexibility index (Phi) is 4.26. The number of halogens is 6. The van der Waals surface area contributed by atoms with Crippen LogP contribution in [0.25, 0.3) is 11.0 Å². The Hall–Kier alpha value is -2.10. The van der Waals surface area contributed by atoms with Crippen LogP contribution in [0.2, 0.25) is 0 Å². The SMILES string of the molecule is N[C@@H]1C[C@H](C(F)(F)F)CN(c2ccc(C(F)(F)F)c3nccnc23)C1. The first-order chi connectivity index (χ1) is 11.6. The third kappa shape index (κ3) is 3.48. The highest BCUT2D eigenvalue weighted by atomic mass is 19.4. The number of benzene rings is 1. The number of fused-ring (bicyclic) bond motifs is 1. The highest BCUT2D eigenvalue weighted by Gasteiger charge is 2.44. The van der Waals surface area contributed by atoms with Gasteiger partial charge < -0.3 is 10.6 Å². The van der Waals surface area contributed by atoms with Crippen molar-refractivity contribution in [3.63, 3.8) is 0 Å². The third-order valence-electron chi connectivity index (χ3n) is 4.20. The largest absolute Gasteiger partial charge is 0.418 e. The molecule has 2 N–H and O–H groups in total. The van der Waals surface area contributed by atoms with Crippen LogP contribution in [0.15, 0.2) is 24.5 Å². The summed E-state index contributed by atoms with van der Waals surface area (Å²) in [7, 11) is 0. The lowest BCUT2D eigenvalue weighted by molar-refractivity contribution is -0.177. The fourth-order valence-corrected chi connectivity index (χ4v) is 3.10. The molecule has 0 saturated carbocycles. The van der Waals surface area contributed by atoms with Gasteiger partial charge in [-0.2, -0.15) is 26.3 Å². The summed E-state index contributed by atoms with van der Waals surface area (Å²) in [4.78, 5) is 8.98. The summed E-state index contributed by atoms with van der Waals surface area (Å²) in [6.07, 6.45) is -6.97. The first-order valence-electron chi connectivity index (χ1n) is 7.45. The van der Waals surface area contributed by atoms with Crippen molar-refractivity contribution in [2.75, 3.05) is 18.0 Å². The molecule has 0 radical (unpaired) electrons. The van der Waals surface area contributed by atoms with E-state index in [-0.39, 0.29) is 30.7 Å². The summed E-state index contributed by atoms with van der Waals surface area (Å²) in [5.74, 6) is -1.65. The zero-order chi connectivity index (χ0) is 18.4. The van der Waals surface area contributed by atoms with Gasteiger partial charge in [-0.15, -0.1) is 0 Å². The van der Waals surface area contributed by atoms with Gasteiger partial charge in [0, 0.05) is 31.5 Å². The zero-order valence-corrected chi connectivity index (χ0v) is 12.8. The first-order valence-corrected chi connectivity index (χ1v) is 7.45. The molecule has 4 nitrogen and oxygen atoms in total. The quantitative estimate of drug-likeness (QED) is 0.789. The van der Waals surface area contributed by atoms with E-state index in [1.807, 2.05) is 0 Å². The molecule has 0 spiro atoms. The van der Waals surface area contributed by atoms with Crippen molar-refractivity contribution in [1.29, 1.82) is 0 Å². The van der Waals surface area contributed by atoms with Crippen LogP contribution < -0.4 is 10.6 Å². The van der Waals surface area contributed by atoms with E-state index in [4.69, 9.17) is 5.73 Å². The van der Waals surface area contributed by atoms with Crippen LogP contribution in [-0.2, 0) is 6.18 Å². The number of aromatic nitrogens is 2. The minimum absolute atomic E-state index is 0.0904. The van der Waals surface area contributed by atoms with Crippen molar-refractivity contribution < 1.29 is 26.3 Å². The molecule has 2 atom stereocenters. The molecular weight excluding hydrogens is 350 g/mol. The highest BCUT2D eigenvalue weighted by molar-refractivity contribution is 5.90. The molecule has 1 saturated heterocycles. The number of nitrogens with zero attached hydrogens (tertiary/aromatic N) is 3. The number of piperidine rings is 1. The van der Waals surface area contributed by atoms with E-state index in [0.29, 0.717) is 0 Å².